The standard InChI is InChI=1S/C7H7NS.C2H2O4/c1-2-4-7-6(3-1)8-5-9-7;3-1(4)2(5)6/h1-4,8H,5H2;(H,3,4)(H,5,6). The number of carboxylic acids is 2. The minimum atomic E-state index is -1.82. The first kappa shape index (κ1) is 11.4. The van der Waals surface area contributed by atoms with Gasteiger partial charge in [0.25, 0.3) is 0 Å². The molecule has 0 unspecified atom stereocenters. The van der Waals surface area contributed by atoms with Gasteiger partial charge in [-0.2, -0.15) is 0 Å². The summed E-state index contributed by atoms with van der Waals surface area (Å²) in [6.45, 7) is 0. The zero-order valence-corrected chi connectivity index (χ0v) is 8.45. The Morgan fingerprint density at radius 3 is 2.33 bits per heavy atom. The van der Waals surface area contributed by atoms with Crippen LogP contribution >= 0.6 is 11.8 Å². The molecule has 0 fully saturated rings. The van der Waals surface area contributed by atoms with E-state index in [9.17, 15) is 0 Å². The molecule has 1 heterocycles. The number of aliphatic carboxylic acids is 2. The van der Waals surface area contributed by atoms with Gasteiger partial charge in [-0.25, -0.2) is 9.59 Å². The van der Waals surface area contributed by atoms with Gasteiger partial charge in [-0.1, -0.05) is 12.1 Å². The molecule has 0 radical (unpaired) electrons. The Hall–Kier alpha value is -1.69. The zero-order valence-electron chi connectivity index (χ0n) is 7.64. The number of carboxylic acid groups (broad SMARTS) is 2. The van der Waals surface area contributed by atoms with Crippen molar-refractivity contribution in [2.75, 3.05) is 11.2 Å². The van der Waals surface area contributed by atoms with Gasteiger partial charge in [0.05, 0.1) is 5.88 Å². The van der Waals surface area contributed by atoms with Crippen LogP contribution in [0.3, 0.4) is 0 Å². The van der Waals surface area contributed by atoms with Crippen molar-refractivity contribution in [2.45, 2.75) is 4.90 Å². The van der Waals surface area contributed by atoms with Crippen LogP contribution in [-0.4, -0.2) is 28.0 Å². The van der Waals surface area contributed by atoms with Crippen LogP contribution in [0, 0.1) is 0 Å². The predicted molar refractivity (Wildman–Crippen MR) is 56.1 cm³/mol. The lowest BCUT2D eigenvalue weighted by atomic mass is 10.3. The predicted octanol–water partition coefficient (Wildman–Crippen LogP) is 1.32. The van der Waals surface area contributed by atoms with Crippen molar-refractivity contribution >= 4 is 29.4 Å². The topological polar surface area (TPSA) is 86.6 Å². The lowest BCUT2D eigenvalue weighted by Crippen LogP contribution is -2.09. The van der Waals surface area contributed by atoms with E-state index in [4.69, 9.17) is 19.8 Å². The fourth-order valence-electron chi connectivity index (χ4n) is 0.930. The molecule has 0 bridgehead atoms. The third kappa shape index (κ3) is 3.51. The molecule has 1 aromatic carbocycles. The maximum Gasteiger partial charge on any atom is 0.414 e. The Bertz CT molecular complexity index is 345. The summed E-state index contributed by atoms with van der Waals surface area (Å²) in [6.07, 6.45) is 0. The molecule has 80 valence electrons. The third-order valence-corrected chi connectivity index (χ3v) is 2.52. The molecular formula is C9H9NO4S. The molecule has 0 aromatic heterocycles. The van der Waals surface area contributed by atoms with Crippen LogP contribution in [0.5, 0.6) is 0 Å². The van der Waals surface area contributed by atoms with Gasteiger partial charge in [-0.3, -0.25) is 0 Å². The Morgan fingerprint density at radius 2 is 1.80 bits per heavy atom. The van der Waals surface area contributed by atoms with Gasteiger partial charge in [-0.15, -0.1) is 11.8 Å². The SMILES string of the molecule is O=C(O)C(=O)O.c1ccc2c(c1)NCS2. The minimum Gasteiger partial charge on any atom is -0.473 e. The number of nitrogens with one attached hydrogen (secondary N) is 1. The second-order valence-electron chi connectivity index (χ2n) is 2.57. The zero-order chi connectivity index (χ0) is 11.3. The lowest BCUT2D eigenvalue weighted by Gasteiger charge is -1.92. The summed E-state index contributed by atoms with van der Waals surface area (Å²) >= 11 is 1.86. The van der Waals surface area contributed by atoms with Gasteiger partial charge in [-0.05, 0) is 12.1 Å². The van der Waals surface area contributed by atoms with Gasteiger partial charge in [0.1, 0.15) is 0 Å². The summed E-state index contributed by atoms with van der Waals surface area (Å²) in [5, 5.41) is 18.0. The number of fused-ring (bicyclic) bond motifs is 1. The molecule has 0 saturated carbocycles. The first-order valence-electron chi connectivity index (χ1n) is 4.03. The number of carbonyl (C=O) groups is 2. The van der Waals surface area contributed by atoms with E-state index in [-0.39, 0.29) is 0 Å². The molecule has 0 atom stereocenters. The second-order valence-corrected chi connectivity index (χ2v) is 3.59. The fourth-order valence-corrected chi connectivity index (χ4v) is 1.78. The molecule has 2 rings (SSSR count). The van der Waals surface area contributed by atoms with Crippen molar-refractivity contribution in [3.63, 3.8) is 0 Å². The minimum absolute atomic E-state index is 1.03. The summed E-state index contributed by atoms with van der Waals surface area (Å²) < 4.78 is 0. The largest absolute Gasteiger partial charge is 0.473 e. The van der Waals surface area contributed by atoms with Crippen LogP contribution in [0.1, 0.15) is 0 Å². The summed E-state index contributed by atoms with van der Waals surface area (Å²) in [5.74, 6) is -2.62. The van der Waals surface area contributed by atoms with Crippen molar-refractivity contribution in [1.82, 2.24) is 0 Å². The molecule has 1 aliphatic heterocycles. The summed E-state index contributed by atoms with van der Waals surface area (Å²) in [6, 6.07) is 8.37. The molecule has 0 aliphatic carbocycles. The monoisotopic (exact) mass is 227 g/mol. The van der Waals surface area contributed by atoms with E-state index < -0.39 is 11.9 Å². The van der Waals surface area contributed by atoms with Gasteiger partial charge in [0.2, 0.25) is 0 Å². The molecule has 6 heteroatoms. The molecule has 1 aliphatic rings. The number of anilines is 1. The first-order valence-corrected chi connectivity index (χ1v) is 5.01. The normalized spacial score (nSPS) is 11.7. The highest BCUT2D eigenvalue weighted by atomic mass is 32.2. The molecule has 0 spiro atoms. The number of thioether (sulfide) groups is 1. The highest BCUT2D eigenvalue weighted by Crippen LogP contribution is 2.32. The van der Waals surface area contributed by atoms with Crippen molar-refractivity contribution < 1.29 is 19.8 Å². The van der Waals surface area contributed by atoms with E-state index in [0.717, 1.165) is 5.88 Å². The van der Waals surface area contributed by atoms with E-state index in [1.165, 1.54) is 10.6 Å². The first-order chi connectivity index (χ1) is 7.11. The highest BCUT2D eigenvalue weighted by molar-refractivity contribution is 7.99. The Morgan fingerprint density at radius 1 is 1.20 bits per heavy atom. The molecule has 0 amide bonds. The number of rotatable bonds is 0. The van der Waals surface area contributed by atoms with Crippen molar-refractivity contribution in [3.05, 3.63) is 24.3 Å². The Kier molecular flexibility index (Phi) is 3.99. The maximum absolute atomic E-state index is 9.10. The van der Waals surface area contributed by atoms with Crippen LogP contribution in [0.2, 0.25) is 0 Å². The Balaban J connectivity index is 0.000000167. The molecule has 5 nitrogen and oxygen atoms in total. The average molecular weight is 227 g/mol. The van der Waals surface area contributed by atoms with E-state index >= 15 is 0 Å². The van der Waals surface area contributed by atoms with E-state index in [1.54, 1.807) is 0 Å². The third-order valence-electron chi connectivity index (χ3n) is 1.56. The molecule has 3 N–H and O–H groups in total. The van der Waals surface area contributed by atoms with Crippen molar-refractivity contribution in [1.29, 1.82) is 0 Å². The highest BCUT2D eigenvalue weighted by Gasteiger charge is 2.06. The lowest BCUT2D eigenvalue weighted by molar-refractivity contribution is -0.159. The van der Waals surface area contributed by atoms with E-state index in [2.05, 4.69) is 29.6 Å². The van der Waals surface area contributed by atoms with Crippen LogP contribution in [-0.2, 0) is 9.59 Å². The number of hydrogen-bond acceptors (Lipinski definition) is 4. The van der Waals surface area contributed by atoms with Crippen LogP contribution in [0.4, 0.5) is 5.69 Å². The summed E-state index contributed by atoms with van der Waals surface area (Å²) in [7, 11) is 0. The summed E-state index contributed by atoms with van der Waals surface area (Å²) in [4.78, 5) is 19.6. The van der Waals surface area contributed by atoms with Gasteiger partial charge >= 0.3 is 11.9 Å². The molecular weight excluding hydrogens is 218 g/mol. The number of para-hydroxylation sites is 1. The summed E-state index contributed by atoms with van der Waals surface area (Å²) in [5.41, 5.74) is 1.28. The maximum atomic E-state index is 9.10. The molecule has 0 saturated heterocycles. The number of benzene rings is 1. The van der Waals surface area contributed by atoms with E-state index in [0.29, 0.717) is 0 Å². The van der Waals surface area contributed by atoms with Gasteiger partial charge in [0.15, 0.2) is 0 Å². The van der Waals surface area contributed by atoms with Crippen molar-refractivity contribution in [2.24, 2.45) is 0 Å². The molecule has 15 heavy (non-hydrogen) atoms. The van der Waals surface area contributed by atoms with Crippen LogP contribution in [0.15, 0.2) is 29.2 Å². The fraction of sp³-hybridized carbons (Fsp3) is 0.111. The van der Waals surface area contributed by atoms with Crippen LogP contribution < -0.4 is 5.32 Å². The van der Waals surface area contributed by atoms with E-state index in [1.807, 2.05) is 11.8 Å². The molecule has 1 aromatic rings. The quantitative estimate of drug-likeness (QED) is 0.579. The average Bonchev–Trinajstić information content (AvgIpc) is 2.66. The van der Waals surface area contributed by atoms with Gasteiger partial charge < -0.3 is 15.5 Å². The van der Waals surface area contributed by atoms with Crippen molar-refractivity contribution in [3.8, 4) is 0 Å². The number of hydrogen-bond donors (Lipinski definition) is 3. The smallest absolute Gasteiger partial charge is 0.414 e. The Labute approximate surface area is 90.1 Å². The van der Waals surface area contributed by atoms with Crippen LogP contribution in [0.25, 0.3) is 0 Å². The second kappa shape index (κ2) is 5.26. The van der Waals surface area contributed by atoms with Gasteiger partial charge in [0, 0.05) is 10.6 Å².